The third kappa shape index (κ3) is 3.81. The Kier molecular flexibility index (Phi) is 5.52. The number of hydrogen-bond acceptors (Lipinski definition) is 4. The lowest BCUT2D eigenvalue weighted by Crippen LogP contribution is -3.14. The molecule has 32 heavy (non-hydrogen) atoms. The minimum Gasteiger partial charge on any atom is -0.322 e. The maximum absolute atomic E-state index is 11.1. The second-order valence-corrected chi connectivity index (χ2v) is 8.16. The van der Waals surface area contributed by atoms with Crippen LogP contribution in [-0.2, 0) is 0 Å². The van der Waals surface area contributed by atoms with E-state index in [9.17, 15) is 10.1 Å². The molecule has 0 spiro atoms. The molecule has 0 aromatic heterocycles. The first kappa shape index (κ1) is 20.2. The van der Waals surface area contributed by atoms with Gasteiger partial charge < -0.3 is 4.90 Å². The van der Waals surface area contributed by atoms with Gasteiger partial charge in [-0.25, -0.2) is 0 Å². The molecule has 1 heterocycles. The Labute approximate surface area is 187 Å². The van der Waals surface area contributed by atoms with Crippen LogP contribution in [0.5, 0.6) is 0 Å². The lowest BCUT2D eigenvalue weighted by Gasteiger charge is -2.34. The Hall–Kier alpha value is -3.77. The highest BCUT2D eigenvalue weighted by molar-refractivity contribution is 5.80. The van der Waals surface area contributed by atoms with Crippen molar-refractivity contribution in [2.45, 2.75) is 6.04 Å². The summed E-state index contributed by atoms with van der Waals surface area (Å²) >= 11 is 0. The fraction of sp³-hybridized carbons (Fsp3) is 0.192. The Morgan fingerprint density at radius 2 is 1.50 bits per heavy atom. The summed E-state index contributed by atoms with van der Waals surface area (Å²) < 4.78 is 0. The summed E-state index contributed by atoms with van der Waals surface area (Å²) in [5, 5.41) is 17.8. The van der Waals surface area contributed by atoms with Crippen LogP contribution < -0.4 is 4.90 Å². The van der Waals surface area contributed by atoms with Crippen molar-refractivity contribution >= 4 is 18.0 Å². The fourth-order valence-corrected chi connectivity index (χ4v) is 4.86. The zero-order chi connectivity index (χ0) is 21.9. The highest BCUT2D eigenvalue weighted by Gasteiger charge is 2.37. The van der Waals surface area contributed by atoms with Gasteiger partial charge >= 0.3 is 0 Å². The summed E-state index contributed by atoms with van der Waals surface area (Å²) in [6.45, 7) is 3.79. The molecule has 0 bridgehead atoms. The predicted molar refractivity (Wildman–Crippen MR) is 127 cm³/mol. The van der Waals surface area contributed by atoms with Gasteiger partial charge in [-0.15, -0.1) is 0 Å². The highest BCUT2D eigenvalue weighted by Crippen LogP contribution is 2.41. The molecule has 3 aromatic carbocycles. The molecule has 160 valence electrons. The number of fused-ring (bicyclic) bond motifs is 3. The first-order valence-corrected chi connectivity index (χ1v) is 10.9. The number of piperazine rings is 1. The van der Waals surface area contributed by atoms with Crippen LogP contribution in [-0.4, -0.2) is 42.3 Å². The van der Waals surface area contributed by atoms with Crippen molar-refractivity contribution in [1.82, 2.24) is 5.01 Å². The normalized spacial score (nSPS) is 16.6. The molecule has 3 aromatic rings. The summed E-state index contributed by atoms with van der Waals surface area (Å²) in [4.78, 5) is 12.3. The van der Waals surface area contributed by atoms with E-state index in [0.29, 0.717) is 11.6 Å². The van der Waals surface area contributed by atoms with Gasteiger partial charge in [-0.05, 0) is 29.3 Å². The molecule has 1 fully saturated rings. The van der Waals surface area contributed by atoms with E-state index in [4.69, 9.17) is 0 Å². The number of nitro groups is 1. The van der Waals surface area contributed by atoms with Crippen molar-refractivity contribution in [3.05, 3.63) is 106 Å². The second-order valence-electron chi connectivity index (χ2n) is 8.16. The van der Waals surface area contributed by atoms with Crippen molar-refractivity contribution in [2.24, 2.45) is 5.10 Å². The number of nitrogens with one attached hydrogen (secondary N) is 1. The monoisotopic (exact) mass is 425 g/mol. The van der Waals surface area contributed by atoms with E-state index in [0.717, 1.165) is 26.2 Å². The average molecular weight is 426 g/mol. The van der Waals surface area contributed by atoms with Gasteiger partial charge in [-0.1, -0.05) is 60.7 Å². The van der Waals surface area contributed by atoms with E-state index in [-0.39, 0.29) is 10.6 Å². The molecule has 1 aliphatic heterocycles. The number of nitrogens with zero attached hydrogens (tertiary/aromatic N) is 3. The van der Waals surface area contributed by atoms with Crippen LogP contribution in [0.4, 0.5) is 5.69 Å². The highest BCUT2D eigenvalue weighted by atomic mass is 16.6. The van der Waals surface area contributed by atoms with Crippen LogP contribution in [0.1, 0.15) is 22.7 Å². The molecular weight excluding hydrogens is 400 g/mol. The van der Waals surface area contributed by atoms with Crippen LogP contribution in [0.3, 0.4) is 0 Å². The fourth-order valence-electron chi connectivity index (χ4n) is 4.86. The maximum Gasteiger partial charge on any atom is 0.276 e. The van der Waals surface area contributed by atoms with Gasteiger partial charge in [-0.2, -0.15) is 5.10 Å². The van der Waals surface area contributed by atoms with Gasteiger partial charge in [0, 0.05) is 23.4 Å². The molecule has 0 radical (unpaired) electrons. The van der Waals surface area contributed by atoms with Crippen LogP contribution in [0.25, 0.3) is 17.2 Å². The molecule has 0 amide bonds. The van der Waals surface area contributed by atoms with Crippen molar-refractivity contribution in [3.63, 3.8) is 0 Å². The number of quaternary nitrogens is 1. The van der Waals surface area contributed by atoms with E-state index in [2.05, 4.69) is 58.6 Å². The summed E-state index contributed by atoms with van der Waals surface area (Å²) in [7, 11) is 0. The SMILES string of the molecule is O=[N+]([O-])c1ccccc1/C=C\C=N/N1CC[NH+](C2c3ccccc3-c3ccccc32)CC1. The zero-order valence-corrected chi connectivity index (χ0v) is 17.7. The van der Waals surface area contributed by atoms with Crippen molar-refractivity contribution in [3.8, 4) is 11.1 Å². The van der Waals surface area contributed by atoms with Gasteiger partial charge in [0.05, 0.1) is 36.7 Å². The first-order valence-electron chi connectivity index (χ1n) is 10.9. The smallest absolute Gasteiger partial charge is 0.276 e. The zero-order valence-electron chi connectivity index (χ0n) is 17.7. The number of para-hydroxylation sites is 1. The summed E-state index contributed by atoms with van der Waals surface area (Å²) in [6.07, 6.45) is 5.22. The first-order chi connectivity index (χ1) is 15.7. The molecular formula is C26H25N4O2+. The Balaban J connectivity index is 1.24. The molecule has 5 rings (SSSR count). The number of hydrazone groups is 1. The summed E-state index contributed by atoms with van der Waals surface area (Å²) in [5.74, 6) is 0. The maximum atomic E-state index is 11.1. The molecule has 6 nitrogen and oxygen atoms in total. The Bertz CT molecular complexity index is 1150. The van der Waals surface area contributed by atoms with Crippen LogP contribution in [0, 0.1) is 10.1 Å². The minimum absolute atomic E-state index is 0.103. The number of benzene rings is 3. The van der Waals surface area contributed by atoms with Gasteiger partial charge in [0.1, 0.15) is 6.04 Å². The van der Waals surface area contributed by atoms with Gasteiger partial charge in [0.2, 0.25) is 0 Å². The summed E-state index contributed by atoms with van der Waals surface area (Å²) in [5.41, 5.74) is 6.26. The molecule has 2 aliphatic rings. The van der Waals surface area contributed by atoms with Gasteiger partial charge in [0.25, 0.3) is 5.69 Å². The van der Waals surface area contributed by atoms with E-state index in [1.54, 1.807) is 41.5 Å². The topological polar surface area (TPSA) is 63.2 Å². The molecule has 1 aliphatic carbocycles. The van der Waals surface area contributed by atoms with Crippen molar-refractivity contribution in [1.29, 1.82) is 0 Å². The van der Waals surface area contributed by atoms with Crippen LogP contribution in [0.15, 0.2) is 84.0 Å². The predicted octanol–water partition coefficient (Wildman–Crippen LogP) is 3.56. The quantitative estimate of drug-likeness (QED) is 0.386. The number of nitro benzene ring substituents is 1. The van der Waals surface area contributed by atoms with Crippen molar-refractivity contribution in [2.75, 3.05) is 26.2 Å². The van der Waals surface area contributed by atoms with Gasteiger partial charge in [0.15, 0.2) is 0 Å². The van der Waals surface area contributed by atoms with E-state index in [1.165, 1.54) is 28.3 Å². The van der Waals surface area contributed by atoms with E-state index < -0.39 is 0 Å². The average Bonchev–Trinajstić information content (AvgIpc) is 3.17. The Morgan fingerprint density at radius 3 is 2.16 bits per heavy atom. The standard InChI is InChI=1S/C26H24N4O2/c31-30(32)25-14-6-1-8-20(25)9-7-15-27-29-18-16-28(17-19-29)26-23-12-4-2-10-21(23)22-11-3-5-13-24(22)26/h1-15,26H,16-19H2/p+1/b9-7-,27-15-. The van der Waals surface area contributed by atoms with E-state index >= 15 is 0 Å². The van der Waals surface area contributed by atoms with Crippen LogP contribution >= 0.6 is 0 Å². The largest absolute Gasteiger partial charge is 0.322 e. The third-order valence-electron chi connectivity index (χ3n) is 6.35. The molecule has 0 atom stereocenters. The summed E-state index contributed by atoms with van der Waals surface area (Å²) in [6, 6.07) is 24.6. The second kappa shape index (κ2) is 8.77. The van der Waals surface area contributed by atoms with Crippen molar-refractivity contribution < 1.29 is 9.82 Å². The molecule has 0 unspecified atom stereocenters. The number of allylic oxidation sites excluding steroid dienone is 1. The van der Waals surface area contributed by atoms with Crippen LogP contribution in [0.2, 0.25) is 0 Å². The van der Waals surface area contributed by atoms with Gasteiger partial charge in [-0.3, -0.25) is 15.1 Å². The van der Waals surface area contributed by atoms with E-state index in [1.807, 2.05) is 0 Å². The Morgan fingerprint density at radius 1 is 0.906 bits per heavy atom. The number of rotatable bonds is 5. The third-order valence-corrected chi connectivity index (χ3v) is 6.35. The lowest BCUT2D eigenvalue weighted by molar-refractivity contribution is -0.929. The lowest BCUT2D eigenvalue weighted by atomic mass is 10.0. The molecule has 1 N–H and O–H groups in total. The molecule has 6 heteroatoms. The number of hydrogen-bond donors (Lipinski definition) is 1. The molecule has 0 saturated carbocycles. The molecule has 1 saturated heterocycles. The minimum atomic E-state index is -0.363.